The number of halogens is 1. The van der Waals surface area contributed by atoms with Gasteiger partial charge in [-0.2, -0.15) is 0 Å². The fraction of sp³-hybridized carbons (Fsp3) is 0.500. The van der Waals surface area contributed by atoms with Crippen molar-refractivity contribution < 1.29 is 14.6 Å². The van der Waals surface area contributed by atoms with Gasteiger partial charge in [-0.3, -0.25) is 0 Å². The van der Waals surface area contributed by atoms with Crippen LogP contribution in [0.2, 0.25) is 5.02 Å². The van der Waals surface area contributed by atoms with Crippen molar-refractivity contribution in [2.45, 2.75) is 37.8 Å². The predicted molar refractivity (Wildman–Crippen MR) is 74.7 cm³/mol. The van der Waals surface area contributed by atoms with E-state index >= 15 is 0 Å². The number of carbonyl (C=O) groups is 1. The molecule has 0 bridgehead atoms. The molecule has 1 aliphatic rings. The number of aliphatic hydroxyl groups is 1. The molecular formula is C14H18ClNO3. The summed E-state index contributed by atoms with van der Waals surface area (Å²) in [6, 6.07) is 5.57. The average Bonchev–Trinajstić information content (AvgIpc) is 2.42. The van der Waals surface area contributed by atoms with Gasteiger partial charge >= 0.3 is 5.97 Å². The molecule has 4 nitrogen and oxygen atoms in total. The van der Waals surface area contributed by atoms with Gasteiger partial charge < -0.3 is 15.2 Å². The zero-order valence-electron chi connectivity index (χ0n) is 10.9. The summed E-state index contributed by atoms with van der Waals surface area (Å²) in [6.07, 6.45) is 3.31. The Hall–Kier alpha value is -1.26. The predicted octanol–water partition coefficient (Wildman–Crippen LogP) is 2.84. The zero-order chi connectivity index (χ0) is 13.8. The molecular weight excluding hydrogens is 266 g/mol. The minimum Gasteiger partial charge on any atom is -0.465 e. The quantitative estimate of drug-likeness (QED) is 0.838. The monoisotopic (exact) mass is 283 g/mol. The summed E-state index contributed by atoms with van der Waals surface area (Å²) in [4.78, 5) is 11.6. The fourth-order valence-corrected chi connectivity index (χ4v) is 2.53. The average molecular weight is 284 g/mol. The molecule has 1 saturated carbocycles. The second-order valence-corrected chi connectivity index (χ2v) is 5.24. The third-order valence-corrected chi connectivity index (χ3v) is 3.77. The lowest BCUT2D eigenvalue weighted by atomic mass is 9.93. The lowest BCUT2D eigenvalue weighted by Crippen LogP contribution is -2.28. The second-order valence-electron chi connectivity index (χ2n) is 4.84. The molecule has 0 saturated heterocycles. The van der Waals surface area contributed by atoms with Crippen LogP contribution in [-0.4, -0.2) is 30.3 Å². The van der Waals surface area contributed by atoms with Crippen molar-refractivity contribution in [3.63, 3.8) is 0 Å². The number of hydrogen-bond acceptors (Lipinski definition) is 4. The molecule has 1 aromatic rings. The van der Waals surface area contributed by atoms with Gasteiger partial charge in [-0.1, -0.05) is 11.6 Å². The minimum atomic E-state index is -0.437. The minimum absolute atomic E-state index is 0.172. The van der Waals surface area contributed by atoms with E-state index in [1.807, 2.05) is 6.07 Å². The number of hydrogen-bond donors (Lipinski definition) is 2. The summed E-state index contributed by atoms with van der Waals surface area (Å²) in [5.74, 6) is -0.437. The molecule has 1 fully saturated rings. The normalized spacial score (nSPS) is 22.9. The Balaban J connectivity index is 2.06. The molecule has 19 heavy (non-hydrogen) atoms. The molecule has 0 spiro atoms. The van der Waals surface area contributed by atoms with Crippen molar-refractivity contribution in [1.29, 1.82) is 0 Å². The van der Waals surface area contributed by atoms with Crippen LogP contribution >= 0.6 is 11.6 Å². The van der Waals surface area contributed by atoms with E-state index in [2.05, 4.69) is 5.32 Å². The van der Waals surface area contributed by atoms with E-state index in [1.165, 1.54) is 7.11 Å². The number of anilines is 1. The summed E-state index contributed by atoms with van der Waals surface area (Å²) >= 11 is 5.97. The Kier molecular flexibility index (Phi) is 4.66. The first-order valence-corrected chi connectivity index (χ1v) is 6.80. The molecule has 0 aromatic heterocycles. The fourth-order valence-electron chi connectivity index (χ4n) is 2.34. The summed E-state index contributed by atoms with van der Waals surface area (Å²) in [5.41, 5.74) is 1.22. The maximum absolute atomic E-state index is 11.6. The van der Waals surface area contributed by atoms with Crippen LogP contribution < -0.4 is 5.32 Å². The molecule has 0 amide bonds. The van der Waals surface area contributed by atoms with Gasteiger partial charge in [0.15, 0.2) is 0 Å². The van der Waals surface area contributed by atoms with Gasteiger partial charge in [0.25, 0.3) is 0 Å². The number of aliphatic hydroxyl groups excluding tert-OH is 1. The highest BCUT2D eigenvalue weighted by Crippen LogP contribution is 2.25. The van der Waals surface area contributed by atoms with Gasteiger partial charge in [0, 0.05) is 11.7 Å². The van der Waals surface area contributed by atoms with E-state index in [4.69, 9.17) is 16.3 Å². The van der Waals surface area contributed by atoms with E-state index in [0.717, 1.165) is 31.4 Å². The Morgan fingerprint density at radius 3 is 2.68 bits per heavy atom. The Bertz CT molecular complexity index is 456. The lowest BCUT2D eigenvalue weighted by molar-refractivity contribution is 0.0601. The van der Waals surface area contributed by atoms with Crippen molar-refractivity contribution in [2.75, 3.05) is 12.4 Å². The molecule has 1 aromatic carbocycles. The van der Waals surface area contributed by atoms with Crippen molar-refractivity contribution in [1.82, 2.24) is 0 Å². The number of carbonyl (C=O) groups excluding carboxylic acids is 1. The Morgan fingerprint density at radius 1 is 1.37 bits per heavy atom. The van der Waals surface area contributed by atoms with Crippen LogP contribution in [0, 0.1) is 0 Å². The number of esters is 1. The molecule has 0 atom stereocenters. The van der Waals surface area contributed by atoms with Crippen LogP contribution in [0.1, 0.15) is 36.0 Å². The van der Waals surface area contributed by atoms with Crippen LogP contribution in [0.5, 0.6) is 0 Å². The summed E-state index contributed by atoms with van der Waals surface area (Å²) in [5, 5.41) is 13.2. The number of ether oxygens (including phenoxy) is 1. The number of rotatable bonds is 3. The molecule has 0 heterocycles. The molecule has 5 heteroatoms. The SMILES string of the molecule is COC(=O)c1cc(NC2CCC(O)CC2)ccc1Cl. The number of benzene rings is 1. The van der Waals surface area contributed by atoms with E-state index < -0.39 is 5.97 Å². The lowest BCUT2D eigenvalue weighted by Gasteiger charge is -2.27. The molecule has 1 aliphatic carbocycles. The molecule has 0 aliphatic heterocycles. The number of nitrogens with one attached hydrogen (secondary N) is 1. The highest BCUT2D eigenvalue weighted by atomic mass is 35.5. The molecule has 2 rings (SSSR count). The Labute approximate surface area is 117 Å². The molecule has 2 N–H and O–H groups in total. The first-order chi connectivity index (χ1) is 9.10. The van der Waals surface area contributed by atoms with Crippen LogP contribution in [0.15, 0.2) is 18.2 Å². The van der Waals surface area contributed by atoms with E-state index in [-0.39, 0.29) is 6.10 Å². The smallest absolute Gasteiger partial charge is 0.339 e. The van der Waals surface area contributed by atoms with Gasteiger partial charge in [-0.05, 0) is 43.9 Å². The van der Waals surface area contributed by atoms with E-state index in [9.17, 15) is 9.90 Å². The van der Waals surface area contributed by atoms with E-state index in [1.54, 1.807) is 12.1 Å². The van der Waals surface area contributed by atoms with Crippen LogP contribution in [0.4, 0.5) is 5.69 Å². The van der Waals surface area contributed by atoms with Crippen molar-refractivity contribution >= 4 is 23.3 Å². The van der Waals surface area contributed by atoms with Gasteiger partial charge in [0.2, 0.25) is 0 Å². The summed E-state index contributed by atoms with van der Waals surface area (Å²) in [7, 11) is 1.33. The van der Waals surface area contributed by atoms with Gasteiger partial charge in [-0.25, -0.2) is 4.79 Å². The second kappa shape index (κ2) is 6.26. The van der Waals surface area contributed by atoms with Gasteiger partial charge in [-0.15, -0.1) is 0 Å². The standard InChI is InChI=1S/C14H18ClNO3/c1-19-14(18)12-8-10(4-7-13(12)15)16-9-2-5-11(17)6-3-9/h4,7-9,11,16-17H,2-3,5-6H2,1H3. The Morgan fingerprint density at radius 2 is 2.05 bits per heavy atom. The van der Waals surface area contributed by atoms with Crippen LogP contribution in [0.3, 0.4) is 0 Å². The maximum atomic E-state index is 11.6. The van der Waals surface area contributed by atoms with Gasteiger partial charge in [0.1, 0.15) is 0 Å². The highest BCUT2D eigenvalue weighted by molar-refractivity contribution is 6.33. The van der Waals surface area contributed by atoms with Crippen LogP contribution in [-0.2, 0) is 4.74 Å². The molecule has 104 valence electrons. The molecule has 0 unspecified atom stereocenters. The third-order valence-electron chi connectivity index (χ3n) is 3.44. The van der Waals surface area contributed by atoms with Crippen molar-refractivity contribution in [3.8, 4) is 0 Å². The summed E-state index contributed by atoms with van der Waals surface area (Å²) in [6.45, 7) is 0. The first kappa shape index (κ1) is 14.2. The number of methoxy groups -OCH3 is 1. The highest BCUT2D eigenvalue weighted by Gasteiger charge is 2.19. The summed E-state index contributed by atoms with van der Waals surface area (Å²) < 4.78 is 4.69. The third kappa shape index (κ3) is 3.61. The van der Waals surface area contributed by atoms with Crippen LogP contribution in [0.25, 0.3) is 0 Å². The largest absolute Gasteiger partial charge is 0.465 e. The van der Waals surface area contributed by atoms with Crippen molar-refractivity contribution in [2.24, 2.45) is 0 Å². The van der Waals surface area contributed by atoms with E-state index in [0.29, 0.717) is 16.6 Å². The van der Waals surface area contributed by atoms with Crippen molar-refractivity contribution in [3.05, 3.63) is 28.8 Å². The maximum Gasteiger partial charge on any atom is 0.339 e. The first-order valence-electron chi connectivity index (χ1n) is 6.42. The molecule has 0 radical (unpaired) electrons. The topological polar surface area (TPSA) is 58.6 Å². The zero-order valence-corrected chi connectivity index (χ0v) is 11.6. The van der Waals surface area contributed by atoms with Gasteiger partial charge in [0.05, 0.1) is 23.8 Å².